The summed E-state index contributed by atoms with van der Waals surface area (Å²) in [7, 11) is 0. The van der Waals surface area contributed by atoms with E-state index < -0.39 is 5.51 Å². The molecule has 78 valence electrons. The first-order chi connectivity index (χ1) is 7.06. The van der Waals surface area contributed by atoms with Crippen molar-refractivity contribution in [1.29, 1.82) is 0 Å². The van der Waals surface area contributed by atoms with Crippen molar-refractivity contribution in [3.63, 3.8) is 0 Å². The molecule has 0 radical (unpaired) electrons. The highest BCUT2D eigenvalue weighted by atomic mass is 32.2. The van der Waals surface area contributed by atoms with Crippen LogP contribution in [0.1, 0.15) is 0 Å². The van der Waals surface area contributed by atoms with Crippen LogP contribution in [-0.2, 0) is 0 Å². The first kappa shape index (κ1) is 10.4. The van der Waals surface area contributed by atoms with E-state index in [0.717, 1.165) is 5.39 Å². The molecule has 0 aliphatic heterocycles. The summed E-state index contributed by atoms with van der Waals surface area (Å²) in [6.45, 7) is 0. The van der Waals surface area contributed by atoms with Crippen LogP contribution in [0.15, 0.2) is 47.4 Å². The van der Waals surface area contributed by atoms with Crippen molar-refractivity contribution in [3.05, 3.63) is 42.5 Å². The van der Waals surface area contributed by atoms with Crippen LogP contribution in [-0.4, -0.2) is 5.51 Å². The molecular formula is C11H7F3S. The second kappa shape index (κ2) is 3.77. The van der Waals surface area contributed by atoms with Gasteiger partial charge in [0.15, 0.2) is 0 Å². The van der Waals surface area contributed by atoms with Crippen LogP contribution >= 0.6 is 11.8 Å². The zero-order valence-electron chi connectivity index (χ0n) is 7.58. The molecule has 0 aliphatic rings. The predicted octanol–water partition coefficient (Wildman–Crippen LogP) is 4.45. The summed E-state index contributed by atoms with van der Waals surface area (Å²) >= 11 is -0.0698. The normalized spacial score (nSPS) is 11.9. The maximum Gasteiger partial charge on any atom is 0.446 e. The molecule has 0 N–H and O–H groups in total. The maximum absolute atomic E-state index is 12.2. The van der Waals surface area contributed by atoms with Gasteiger partial charge < -0.3 is 0 Å². The van der Waals surface area contributed by atoms with Crippen molar-refractivity contribution in [3.8, 4) is 0 Å². The Morgan fingerprint density at radius 3 is 2.27 bits per heavy atom. The SMILES string of the molecule is FC(F)(F)Sc1cccc2ccccc12. The topological polar surface area (TPSA) is 0 Å². The van der Waals surface area contributed by atoms with Crippen LogP contribution in [0.25, 0.3) is 10.8 Å². The fraction of sp³-hybridized carbons (Fsp3) is 0.0909. The second-order valence-corrected chi connectivity index (χ2v) is 4.13. The summed E-state index contributed by atoms with van der Waals surface area (Å²) in [5, 5.41) is 1.47. The van der Waals surface area contributed by atoms with Gasteiger partial charge in [-0.25, -0.2) is 0 Å². The molecule has 15 heavy (non-hydrogen) atoms. The van der Waals surface area contributed by atoms with Gasteiger partial charge in [-0.15, -0.1) is 0 Å². The summed E-state index contributed by atoms with van der Waals surface area (Å²) in [5.74, 6) is 0. The Labute approximate surface area is 89.1 Å². The summed E-state index contributed by atoms with van der Waals surface area (Å²) in [6, 6.07) is 12.0. The Balaban J connectivity index is 2.52. The summed E-state index contributed by atoms with van der Waals surface area (Å²) in [6.07, 6.45) is 0. The minimum Gasteiger partial charge on any atom is -0.160 e. The van der Waals surface area contributed by atoms with Crippen molar-refractivity contribution in [2.75, 3.05) is 0 Å². The molecule has 4 heteroatoms. The number of halogens is 3. The Morgan fingerprint density at radius 1 is 0.867 bits per heavy atom. The van der Waals surface area contributed by atoms with Crippen LogP contribution in [0.2, 0.25) is 0 Å². The third-order valence-corrected chi connectivity index (χ3v) is 2.78. The third-order valence-electron chi connectivity index (χ3n) is 1.98. The molecule has 0 saturated carbocycles. The van der Waals surface area contributed by atoms with Crippen molar-refractivity contribution in [2.45, 2.75) is 10.4 Å². The monoisotopic (exact) mass is 228 g/mol. The van der Waals surface area contributed by atoms with Crippen LogP contribution in [0.3, 0.4) is 0 Å². The third kappa shape index (κ3) is 2.45. The van der Waals surface area contributed by atoms with Gasteiger partial charge in [-0.3, -0.25) is 0 Å². The highest BCUT2D eigenvalue weighted by Gasteiger charge is 2.29. The van der Waals surface area contributed by atoms with E-state index in [2.05, 4.69) is 0 Å². The molecule has 0 aliphatic carbocycles. The van der Waals surface area contributed by atoms with Gasteiger partial charge in [-0.05, 0) is 28.6 Å². The van der Waals surface area contributed by atoms with Crippen LogP contribution < -0.4 is 0 Å². The Hall–Kier alpha value is -1.16. The van der Waals surface area contributed by atoms with Gasteiger partial charge in [-0.1, -0.05) is 36.4 Å². The fourth-order valence-corrected chi connectivity index (χ4v) is 2.10. The molecule has 0 bridgehead atoms. The van der Waals surface area contributed by atoms with E-state index in [0.29, 0.717) is 5.39 Å². The van der Waals surface area contributed by atoms with E-state index in [-0.39, 0.29) is 16.7 Å². The van der Waals surface area contributed by atoms with Crippen molar-refractivity contribution in [1.82, 2.24) is 0 Å². The Morgan fingerprint density at radius 2 is 1.53 bits per heavy atom. The molecule has 2 rings (SSSR count). The number of hydrogen-bond donors (Lipinski definition) is 0. The largest absolute Gasteiger partial charge is 0.446 e. The lowest BCUT2D eigenvalue weighted by Crippen LogP contribution is -1.99. The first-order valence-electron chi connectivity index (χ1n) is 4.30. The molecule has 0 fully saturated rings. The minimum absolute atomic E-state index is 0.0698. The smallest absolute Gasteiger partial charge is 0.160 e. The van der Waals surface area contributed by atoms with Gasteiger partial charge in [0.1, 0.15) is 0 Å². The van der Waals surface area contributed by atoms with E-state index >= 15 is 0 Å². The zero-order chi connectivity index (χ0) is 10.9. The standard InChI is InChI=1S/C11H7F3S/c12-11(13,14)15-10-7-3-5-8-4-1-2-6-9(8)10/h1-7H. The number of fused-ring (bicyclic) bond motifs is 1. The predicted molar refractivity (Wildman–Crippen MR) is 55.9 cm³/mol. The van der Waals surface area contributed by atoms with Gasteiger partial charge in [0.05, 0.1) is 0 Å². The maximum atomic E-state index is 12.2. The van der Waals surface area contributed by atoms with Gasteiger partial charge in [0.25, 0.3) is 0 Å². The molecule has 0 nitrogen and oxygen atoms in total. The zero-order valence-corrected chi connectivity index (χ0v) is 8.40. The highest BCUT2D eigenvalue weighted by Crippen LogP contribution is 2.39. The Bertz CT molecular complexity index is 471. The summed E-state index contributed by atoms with van der Waals surface area (Å²) < 4.78 is 36.7. The van der Waals surface area contributed by atoms with E-state index in [1.807, 2.05) is 6.07 Å². The van der Waals surface area contributed by atoms with Crippen molar-refractivity contribution in [2.24, 2.45) is 0 Å². The number of thioether (sulfide) groups is 1. The van der Waals surface area contributed by atoms with Crippen molar-refractivity contribution < 1.29 is 13.2 Å². The summed E-state index contributed by atoms with van der Waals surface area (Å²) in [4.78, 5) is 0.251. The number of rotatable bonds is 1. The van der Waals surface area contributed by atoms with Gasteiger partial charge in [-0.2, -0.15) is 13.2 Å². The minimum atomic E-state index is -4.23. The molecule has 0 aromatic heterocycles. The van der Waals surface area contributed by atoms with Gasteiger partial charge in [0.2, 0.25) is 0 Å². The van der Waals surface area contributed by atoms with Crippen LogP contribution in [0.4, 0.5) is 13.2 Å². The Kier molecular flexibility index (Phi) is 2.61. The van der Waals surface area contributed by atoms with Gasteiger partial charge in [0, 0.05) is 4.90 Å². The fourth-order valence-electron chi connectivity index (χ4n) is 1.41. The van der Waals surface area contributed by atoms with Crippen LogP contribution in [0.5, 0.6) is 0 Å². The number of hydrogen-bond acceptors (Lipinski definition) is 1. The quantitative estimate of drug-likeness (QED) is 0.650. The molecule has 0 saturated heterocycles. The number of benzene rings is 2. The average molecular weight is 228 g/mol. The van der Waals surface area contributed by atoms with Gasteiger partial charge >= 0.3 is 5.51 Å². The lowest BCUT2D eigenvalue weighted by atomic mass is 10.1. The average Bonchev–Trinajstić information content (AvgIpc) is 2.16. The molecule has 2 aromatic rings. The van der Waals surface area contributed by atoms with E-state index in [1.54, 1.807) is 30.3 Å². The van der Waals surface area contributed by atoms with Crippen molar-refractivity contribution >= 4 is 22.5 Å². The molecular weight excluding hydrogens is 221 g/mol. The number of alkyl halides is 3. The molecule has 0 amide bonds. The lowest BCUT2D eigenvalue weighted by molar-refractivity contribution is -0.0327. The van der Waals surface area contributed by atoms with E-state index in [9.17, 15) is 13.2 Å². The summed E-state index contributed by atoms with van der Waals surface area (Å²) in [5.41, 5.74) is -4.23. The molecule has 0 spiro atoms. The molecule has 2 aromatic carbocycles. The molecule has 0 atom stereocenters. The second-order valence-electron chi connectivity index (χ2n) is 3.03. The lowest BCUT2D eigenvalue weighted by Gasteiger charge is -2.08. The van der Waals surface area contributed by atoms with E-state index in [4.69, 9.17) is 0 Å². The molecule has 0 unspecified atom stereocenters. The molecule has 0 heterocycles. The van der Waals surface area contributed by atoms with E-state index in [1.165, 1.54) is 6.07 Å². The highest BCUT2D eigenvalue weighted by molar-refractivity contribution is 8.00. The first-order valence-corrected chi connectivity index (χ1v) is 5.11. The van der Waals surface area contributed by atoms with Crippen LogP contribution in [0, 0.1) is 0 Å².